The van der Waals surface area contributed by atoms with Crippen molar-refractivity contribution < 1.29 is 15.3 Å². The molecule has 244 valence electrons. The zero-order chi connectivity index (χ0) is 34.6. The van der Waals surface area contributed by atoms with Gasteiger partial charge in [0.05, 0.1) is 5.41 Å². The van der Waals surface area contributed by atoms with E-state index in [1.165, 1.54) is 55.6 Å². The molecule has 9 rings (SSSR count). The van der Waals surface area contributed by atoms with Gasteiger partial charge in [-0.05, 0) is 135 Å². The molecule has 3 heteroatoms. The van der Waals surface area contributed by atoms with Crippen LogP contribution < -0.4 is 0 Å². The highest BCUT2D eigenvalue weighted by Crippen LogP contribution is 2.56. The van der Waals surface area contributed by atoms with Gasteiger partial charge >= 0.3 is 0 Å². The Kier molecular flexibility index (Phi) is 7.57. The Hall–Kier alpha value is -6.06. The third kappa shape index (κ3) is 4.89. The zero-order valence-electron chi connectivity index (χ0n) is 28.4. The number of phenols is 3. The number of phenolic OH excluding ortho intramolecular Hbond substituents is 3. The Balaban J connectivity index is 0.000000152. The van der Waals surface area contributed by atoms with E-state index in [0.29, 0.717) is 17.2 Å². The van der Waals surface area contributed by atoms with Crippen LogP contribution in [0.1, 0.15) is 50.1 Å². The van der Waals surface area contributed by atoms with Crippen molar-refractivity contribution in [2.75, 3.05) is 0 Å². The molecule has 50 heavy (non-hydrogen) atoms. The summed E-state index contributed by atoms with van der Waals surface area (Å²) in [5.74, 6) is 0.949. The predicted octanol–water partition coefficient (Wildman–Crippen LogP) is 11.0. The second kappa shape index (κ2) is 12.1. The predicted molar refractivity (Wildman–Crippen MR) is 203 cm³/mol. The molecule has 0 atom stereocenters. The van der Waals surface area contributed by atoms with Crippen LogP contribution in [-0.2, 0) is 11.8 Å². The van der Waals surface area contributed by atoms with Crippen LogP contribution in [0.3, 0.4) is 0 Å². The van der Waals surface area contributed by atoms with E-state index in [-0.39, 0.29) is 0 Å². The number of benzene rings is 7. The molecule has 3 N–H and O–H groups in total. The number of fused-ring (bicyclic) bond motifs is 6. The highest BCUT2D eigenvalue weighted by Gasteiger charge is 2.46. The summed E-state index contributed by atoms with van der Waals surface area (Å²) in [5.41, 5.74) is 17.1. The van der Waals surface area contributed by atoms with Gasteiger partial charge in [-0.25, -0.2) is 0 Å². The van der Waals surface area contributed by atoms with Gasteiger partial charge in [-0.15, -0.1) is 0 Å². The first-order valence-corrected chi connectivity index (χ1v) is 17.1. The van der Waals surface area contributed by atoms with Crippen LogP contribution in [0, 0.1) is 20.8 Å². The number of hydrogen-bond donors (Lipinski definition) is 3. The maximum absolute atomic E-state index is 10.2. The maximum atomic E-state index is 10.2. The number of rotatable bonds is 3. The van der Waals surface area contributed by atoms with Gasteiger partial charge in [0.2, 0.25) is 0 Å². The second-order valence-electron chi connectivity index (χ2n) is 13.5. The van der Waals surface area contributed by atoms with Crippen molar-refractivity contribution in [3.63, 3.8) is 0 Å². The van der Waals surface area contributed by atoms with Crippen molar-refractivity contribution in [3.05, 3.63) is 196 Å². The quantitative estimate of drug-likeness (QED) is 0.178. The van der Waals surface area contributed by atoms with Crippen molar-refractivity contribution in [2.45, 2.75) is 32.6 Å². The molecule has 2 aliphatic rings. The average molecular weight is 651 g/mol. The summed E-state index contributed by atoms with van der Waals surface area (Å²) >= 11 is 0. The van der Waals surface area contributed by atoms with Crippen molar-refractivity contribution in [2.24, 2.45) is 0 Å². The van der Waals surface area contributed by atoms with E-state index in [0.717, 1.165) is 34.2 Å². The van der Waals surface area contributed by atoms with Crippen molar-refractivity contribution in [1.82, 2.24) is 0 Å². The first kappa shape index (κ1) is 31.2. The lowest BCUT2D eigenvalue weighted by Gasteiger charge is -2.34. The van der Waals surface area contributed by atoms with E-state index in [1.807, 2.05) is 39.0 Å². The van der Waals surface area contributed by atoms with E-state index in [4.69, 9.17) is 0 Å². The highest BCUT2D eigenvalue weighted by molar-refractivity contribution is 5.87. The molecule has 7 aromatic carbocycles. The van der Waals surface area contributed by atoms with Gasteiger partial charge in [0.1, 0.15) is 17.2 Å². The van der Waals surface area contributed by atoms with Gasteiger partial charge in [0.25, 0.3) is 0 Å². The van der Waals surface area contributed by atoms with Crippen molar-refractivity contribution in [1.29, 1.82) is 0 Å². The summed E-state index contributed by atoms with van der Waals surface area (Å²) in [5, 5.41) is 30.1. The zero-order valence-corrected chi connectivity index (χ0v) is 28.4. The van der Waals surface area contributed by atoms with E-state index in [2.05, 4.69) is 109 Å². The fourth-order valence-electron chi connectivity index (χ4n) is 8.05. The summed E-state index contributed by atoms with van der Waals surface area (Å²) < 4.78 is 0. The first-order valence-electron chi connectivity index (χ1n) is 17.1. The Morgan fingerprint density at radius 1 is 0.420 bits per heavy atom. The van der Waals surface area contributed by atoms with Crippen LogP contribution in [0.5, 0.6) is 17.2 Å². The molecule has 0 bridgehead atoms. The van der Waals surface area contributed by atoms with Gasteiger partial charge in [-0.1, -0.05) is 121 Å². The normalized spacial score (nSPS) is 13.0. The highest BCUT2D eigenvalue weighted by atomic mass is 16.3. The minimum atomic E-state index is -0.510. The smallest absolute Gasteiger partial charge is 0.118 e. The largest absolute Gasteiger partial charge is 0.508 e. The standard InChI is InChI=1S/C27H22O2.C20H16O/c1-17-15-19(11-13-25(17)28)27(20-12-14-26(29)18(2)16-20)23-9-5-3-7-21(23)22-8-4-6-10-24(22)27;1-13-11-15(9-10-20(13)21)17-7-4-8-18-16-6-3-2-5-14(16)12-19(17)18/h3-16,28-29H,1-2H3;2-11,21H,12H2,1H3. The molecule has 0 heterocycles. The van der Waals surface area contributed by atoms with Crippen LogP contribution in [0.15, 0.2) is 146 Å². The molecule has 0 aromatic heterocycles. The molecule has 0 amide bonds. The lowest BCUT2D eigenvalue weighted by atomic mass is 9.67. The van der Waals surface area contributed by atoms with Crippen LogP contribution in [0.4, 0.5) is 0 Å². The van der Waals surface area contributed by atoms with E-state index in [9.17, 15) is 15.3 Å². The first-order chi connectivity index (χ1) is 24.3. The molecule has 7 aromatic rings. The minimum absolute atomic E-state index is 0.297. The van der Waals surface area contributed by atoms with Crippen LogP contribution in [0.2, 0.25) is 0 Å². The third-order valence-corrected chi connectivity index (χ3v) is 10.6. The monoisotopic (exact) mass is 650 g/mol. The molecule has 2 aliphatic carbocycles. The summed E-state index contributed by atoms with van der Waals surface area (Å²) in [4.78, 5) is 0. The molecule has 0 unspecified atom stereocenters. The van der Waals surface area contributed by atoms with E-state index in [1.54, 1.807) is 18.2 Å². The molecule has 0 radical (unpaired) electrons. The molecule has 0 fully saturated rings. The van der Waals surface area contributed by atoms with Gasteiger partial charge in [0, 0.05) is 0 Å². The molecule has 0 spiro atoms. The summed E-state index contributed by atoms with van der Waals surface area (Å²) in [6.45, 7) is 5.81. The van der Waals surface area contributed by atoms with E-state index < -0.39 is 5.41 Å². The van der Waals surface area contributed by atoms with Crippen LogP contribution in [-0.4, -0.2) is 15.3 Å². The lowest BCUT2D eigenvalue weighted by molar-refractivity contribution is 0.470. The Morgan fingerprint density at radius 2 is 0.880 bits per heavy atom. The van der Waals surface area contributed by atoms with Crippen LogP contribution >= 0.6 is 0 Å². The van der Waals surface area contributed by atoms with Crippen molar-refractivity contribution >= 4 is 0 Å². The Morgan fingerprint density at radius 3 is 1.44 bits per heavy atom. The number of hydrogen-bond acceptors (Lipinski definition) is 3. The number of aromatic hydroxyl groups is 3. The van der Waals surface area contributed by atoms with Crippen molar-refractivity contribution in [3.8, 4) is 50.6 Å². The molecule has 0 aliphatic heterocycles. The summed E-state index contributed by atoms with van der Waals surface area (Å²) in [6, 6.07) is 49.8. The third-order valence-electron chi connectivity index (χ3n) is 10.6. The molecule has 0 saturated heterocycles. The molecule has 0 saturated carbocycles. The fourth-order valence-corrected chi connectivity index (χ4v) is 8.05. The average Bonchev–Trinajstić information content (AvgIpc) is 3.67. The van der Waals surface area contributed by atoms with Gasteiger partial charge in [0.15, 0.2) is 0 Å². The second-order valence-corrected chi connectivity index (χ2v) is 13.5. The molecule has 3 nitrogen and oxygen atoms in total. The summed E-state index contributed by atoms with van der Waals surface area (Å²) in [6.07, 6.45) is 0.988. The van der Waals surface area contributed by atoms with Gasteiger partial charge < -0.3 is 15.3 Å². The molecular weight excluding hydrogens is 613 g/mol. The Bertz CT molecular complexity index is 2340. The van der Waals surface area contributed by atoms with Gasteiger partial charge in [-0.2, -0.15) is 0 Å². The van der Waals surface area contributed by atoms with Gasteiger partial charge in [-0.3, -0.25) is 0 Å². The summed E-state index contributed by atoms with van der Waals surface area (Å²) in [7, 11) is 0. The maximum Gasteiger partial charge on any atom is 0.118 e. The Labute approximate surface area is 293 Å². The minimum Gasteiger partial charge on any atom is -0.508 e. The van der Waals surface area contributed by atoms with E-state index >= 15 is 0 Å². The molecular formula is C47H38O3. The SMILES string of the molecule is Cc1cc(-c2cccc3c2Cc2ccccc2-3)ccc1O.Cc1cc(C2(c3ccc(O)c(C)c3)c3ccccc3-c3ccccc32)ccc1O. The number of aryl methyl sites for hydroxylation is 3. The topological polar surface area (TPSA) is 60.7 Å². The lowest BCUT2D eigenvalue weighted by Crippen LogP contribution is -2.28. The van der Waals surface area contributed by atoms with Crippen LogP contribution in [0.25, 0.3) is 33.4 Å². The fraction of sp³-hybridized carbons (Fsp3) is 0.106.